The van der Waals surface area contributed by atoms with Gasteiger partial charge in [-0.3, -0.25) is 0 Å². The molecule has 2 unspecified atom stereocenters. The van der Waals surface area contributed by atoms with E-state index in [9.17, 15) is 0 Å². The first-order valence-corrected chi connectivity index (χ1v) is 12.2. The minimum atomic E-state index is 0.372. The fraction of sp³-hybridized carbons (Fsp3) is 0.571. The maximum absolute atomic E-state index is 6.43. The van der Waals surface area contributed by atoms with Crippen molar-refractivity contribution in [2.75, 3.05) is 4.90 Å². The molecule has 0 saturated heterocycles. The predicted octanol–water partition coefficient (Wildman–Crippen LogP) is 9.32. The fourth-order valence-electron chi connectivity index (χ4n) is 5.01. The van der Waals surface area contributed by atoms with Crippen LogP contribution in [0.4, 0.5) is 11.4 Å². The molecule has 0 spiro atoms. The fourth-order valence-corrected chi connectivity index (χ4v) is 5.01. The van der Waals surface area contributed by atoms with Crippen LogP contribution in [0, 0.1) is 0 Å². The lowest BCUT2D eigenvalue weighted by Gasteiger charge is -2.39. The van der Waals surface area contributed by atoms with E-state index in [2.05, 4.69) is 82.8 Å². The Kier molecular flexibility index (Phi) is 7.86. The normalized spacial score (nSPS) is 14.8. The molecule has 1 heterocycles. The molecule has 2 atom stereocenters. The van der Waals surface area contributed by atoms with E-state index >= 15 is 0 Å². The summed E-state index contributed by atoms with van der Waals surface area (Å²) in [5.74, 6) is 3.08. The van der Waals surface area contributed by atoms with Crippen molar-refractivity contribution in [2.24, 2.45) is 0 Å². The van der Waals surface area contributed by atoms with Gasteiger partial charge in [0, 0.05) is 6.04 Å². The molecule has 0 aromatic heterocycles. The van der Waals surface area contributed by atoms with Crippen LogP contribution >= 0.6 is 0 Å². The van der Waals surface area contributed by atoms with E-state index in [1.165, 1.54) is 67.4 Å². The second-order valence-electron chi connectivity index (χ2n) is 9.39. The highest BCUT2D eigenvalue weighted by Crippen LogP contribution is 2.53. The van der Waals surface area contributed by atoms with Crippen molar-refractivity contribution in [3.05, 3.63) is 47.5 Å². The van der Waals surface area contributed by atoms with Crippen LogP contribution in [-0.4, -0.2) is 6.04 Å². The molecule has 0 radical (unpaired) electrons. The average Bonchev–Trinajstić information content (AvgIpc) is 2.73. The highest BCUT2D eigenvalue weighted by Gasteiger charge is 2.32. The third-order valence-corrected chi connectivity index (χ3v) is 6.55. The number of ether oxygens (including phenoxy) is 1. The van der Waals surface area contributed by atoms with Crippen molar-refractivity contribution in [3.8, 4) is 11.5 Å². The summed E-state index contributed by atoms with van der Waals surface area (Å²) in [6, 6.07) is 13.4. The smallest absolute Gasteiger partial charge is 0.151 e. The summed E-state index contributed by atoms with van der Waals surface area (Å²) < 4.78 is 6.43. The van der Waals surface area contributed by atoms with Crippen LogP contribution in [0.1, 0.15) is 109 Å². The number of nitrogens with zero attached hydrogens (tertiary/aromatic N) is 1. The lowest BCUT2D eigenvalue weighted by atomic mass is 9.82. The largest absolute Gasteiger partial charge is 0.453 e. The molecule has 2 aromatic rings. The first kappa shape index (κ1) is 22.7. The van der Waals surface area contributed by atoms with Gasteiger partial charge in [-0.2, -0.15) is 0 Å². The maximum Gasteiger partial charge on any atom is 0.151 e. The van der Waals surface area contributed by atoms with Crippen molar-refractivity contribution in [3.63, 3.8) is 0 Å². The van der Waals surface area contributed by atoms with Crippen molar-refractivity contribution in [2.45, 2.75) is 104 Å². The first-order valence-electron chi connectivity index (χ1n) is 12.2. The lowest BCUT2D eigenvalue weighted by Crippen LogP contribution is -2.30. The van der Waals surface area contributed by atoms with Gasteiger partial charge in [0.1, 0.15) is 0 Å². The predicted molar refractivity (Wildman–Crippen MR) is 131 cm³/mol. The summed E-state index contributed by atoms with van der Waals surface area (Å²) in [6.45, 7) is 14.0. The summed E-state index contributed by atoms with van der Waals surface area (Å²) in [4.78, 5) is 2.52. The second-order valence-corrected chi connectivity index (χ2v) is 9.39. The van der Waals surface area contributed by atoms with Gasteiger partial charge < -0.3 is 9.64 Å². The van der Waals surface area contributed by atoms with Crippen LogP contribution in [0.3, 0.4) is 0 Å². The van der Waals surface area contributed by atoms with Crippen molar-refractivity contribution < 1.29 is 4.74 Å². The van der Waals surface area contributed by atoms with E-state index in [0.29, 0.717) is 17.9 Å². The quantitative estimate of drug-likeness (QED) is 0.364. The van der Waals surface area contributed by atoms with E-state index in [-0.39, 0.29) is 0 Å². The standard InChI is InChI=1S/C28H41NO/c1-7-9-10-11-15-21(5)23-18-19-26-28(27(23)22(6)14-8-2)29(20(3)4)24-16-12-13-17-25(24)30-26/h12-13,16-22H,7-11,14-15H2,1-6H3. The second kappa shape index (κ2) is 10.4. The van der Waals surface area contributed by atoms with Gasteiger partial charge in [0.25, 0.3) is 0 Å². The Hall–Kier alpha value is -1.96. The monoisotopic (exact) mass is 407 g/mol. The zero-order valence-corrected chi connectivity index (χ0v) is 20.0. The summed E-state index contributed by atoms with van der Waals surface area (Å²) in [5, 5.41) is 0. The van der Waals surface area contributed by atoms with Gasteiger partial charge >= 0.3 is 0 Å². The van der Waals surface area contributed by atoms with Crippen LogP contribution in [0.5, 0.6) is 11.5 Å². The van der Waals surface area contributed by atoms with Gasteiger partial charge in [0.15, 0.2) is 11.5 Å². The molecule has 1 aliphatic rings. The molecule has 164 valence electrons. The minimum Gasteiger partial charge on any atom is -0.453 e. The van der Waals surface area contributed by atoms with Crippen LogP contribution in [-0.2, 0) is 0 Å². The van der Waals surface area contributed by atoms with Crippen LogP contribution in [0.25, 0.3) is 0 Å². The van der Waals surface area contributed by atoms with Gasteiger partial charge in [-0.15, -0.1) is 0 Å². The number of hydrogen-bond acceptors (Lipinski definition) is 2. The zero-order valence-electron chi connectivity index (χ0n) is 20.0. The van der Waals surface area contributed by atoms with Gasteiger partial charge in [-0.05, 0) is 67.9 Å². The van der Waals surface area contributed by atoms with Crippen LogP contribution in [0.2, 0.25) is 0 Å². The molecule has 2 nitrogen and oxygen atoms in total. The Morgan fingerprint density at radius 3 is 2.23 bits per heavy atom. The molecule has 0 aliphatic carbocycles. The lowest BCUT2D eigenvalue weighted by molar-refractivity contribution is 0.465. The Balaban J connectivity index is 2.08. The van der Waals surface area contributed by atoms with E-state index in [0.717, 1.165) is 11.5 Å². The van der Waals surface area contributed by atoms with Crippen molar-refractivity contribution >= 4 is 11.4 Å². The third kappa shape index (κ3) is 4.68. The number of unbranched alkanes of at least 4 members (excludes halogenated alkanes) is 3. The first-order chi connectivity index (χ1) is 14.5. The Bertz CT molecular complexity index is 825. The molecule has 0 fully saturated rings. The topological polar surface area (TPSA) is 12.5 Å². The number of anilines is 2. The summed E-state index contributed by atoms with van der Waals surface area (Å²) in [7, 11) is 0. The third-order valence-electron chi connectivity index (χ3n) is 6.55. The molecule has 0 bridgehead atoms. The van der Waals surface area contributed by atoms with E-state index in [1.54, 1.807) is 0 Å². The maximum atomic E-state index is 6.43. The number of fused-ring (bicyclic) bond motifs is 2. The van der Waals surface area contributed by atoms with Gasteiger partial charge in [-0.1, -0.05) is 78.0 Å². The summed E-state index contributed by atoms with van der Waals surface area (Å²) in [6.07, 6.45) is 8.99. The van der Waals surface area contributed by atoms with Crippen LogP contribution in [0.15, 0.2) is 36.4 Å². The van der Waals surface area contributed by atoms with Gasteiger partial charge in [-0.25, -0.2) is 0 Å². The Morgan fingerprint density at radius 1 is 0.767 bits per heavy atom. The Morgan fingerprint density at radius 2 is 1.53 bits per heavy atom. The number of para-hydroxylation sites is 2. The molecular weight excluding hydrogens is 366 g/mol. The van der Waals surface area contributed by atoms with Gasteiger partial charge in [0.05, 0.1) is 11.4 Å². The van der Waals surface area contributed by atoms with Crippen LogP contribution < -0.4 is 9.64 Å². The highest BCUT2D eigenvalue weighted by molar-refractivity contribution is 5.82. The summed E-state index contributed by atoms with van der Waals surface area (Å²) >= 11 is 0. The number of benzene rings is 2. The molecular formula is C28H41NO. The molecule has 0 N–H and O–H groups in total. The summed E-state index contributed by atoms with van der Waals surface area (Å²) in [5.41, 5.74) is 5.54. The molecule has 1 aliphatic heterocycles. The molecule has 2 aromatic carbocycles. The van der Waals surface area contributed by atoms with E-state index in [1.807, 2.05) is 0 Å². The minimum absolute atomic E-state index is 0.372. The Labute approximate surface area is 184 Å². The highest BCUT2D eigenvalue weighted by atomic mass is 16.5. The van der Waals surface area contributed by atoms with Crippen molar-refractivity contribution in [1.82, 2.24) is 0 Å². The molecule has 30 heavy (non-hydrogen) atoms. The number of hydrogen-bond donors (Lipinski definition) is 0. The SMILES string of the molecule is CCCCCCC(C)c1ccc2c(c1C(C)CCC)N(C(C)C)c1ccccc1O2. The molecule has 0 saturated carbocycles. The molecule has 0 amide bonds. The molecule has 2 heteroatoms. The zero-order chi connectivity index (χ0) is 21.7. The van der Waals surface area contributed by atoms with Gasteiger partial charge in [0.2, 0.25) is 0 Å². The van der Waals surface area contributed by atoms with Crippen molar-refractivity contribution in [1.29, 1.82) is 0 Å². The van der Waals surface area contributed by atoms with E-state index in [4.69, 9.17) is 4.74 Å². The van der Waals surface area contributed by atoms with E-state index < -0.39 is 0 Å². The average molecular weight is 408 g/mol. The molecule has 3 rings (SSSR count). The number of rotatable bonds is 10.